The quantitative estimate of drug-likeness (QED) is 0.905. The van der Waals surface area contributed by atoms with Gasteiger partial charge in [-0.15, -0.1) is 0 Å². The molecule has 19 heavy (non-hydrogen) atoms. The third-order valence-corrected chi connectivity index (χ3v) is 4.24. The van der Waals surface area contributed by atoms with Gasteiger partial charge in [-0.1, -0.05) is 42.3 Å². The first-order valence-electron chi connectivity index (χ1n) is 6.67. The Morgan fingerprint density at radius 1 is 1.42 bits per heavy atom. The van der Waals surface area contributed by atoms with Crippen molar-refractivity contribution < 1.29 is 4.74 Å². The number of nitrogens with zero attached hydrogens (tertiary/aromatic N) is 1. The van der Waals surface area contributed by atoms with Gasteiger partial charge in [-0.3, -0.25) is 4.90 Å². The monoisotopic (exact) mass is 302 g/mol. The molecule has 3 nitrogen and oxygen atoms in total. The highest BCUT2D eigenvalue weighted by atomic mass is 35.5. The summed E-state index contributed by atoms with van der Waals surface area (Å²) in [5.41, 5.74) is 1.08. The topological polar surface area (TPSA) is 24.5 Å². The van der Waals surface area contributed by atoms with E-state index in [1.165, 1.54) is 0 Å². The summed E-state index contributed by atoms with van der Waals surface area (Å²) in [6.07, 6.45) is 0. The number of ether oxygens (including phenoxy) is 1. The van der Waals surface area contributed by atoms with Crippen LogP contribution in [0, 0.1) is 0 Å². The zero-order valence-corrected chi connectivity index (χ0v) is 12.7. The van der Waals surface area contributed by atoms with Crippen LogP contribution in [-0.4, -0.2) is 43.8 Å². The number of hydrogen-bond donors (Lipinski definition) is 1. The smallest absolute Gasteiger partial charge is 0.0637 e. The molecule has 0 radical (unpaired) electrons. The van der Waals surface area contributed by atoms with Crippen LogP contribution in [0.15, 0.2) is 18.2 Å². The van der Waals surface area contributed by atoms with Crippen LogP contribution in [0.4, 0.5) is 0 Å². The summed E-state index contributed by atoms with van der Waals surface area (Å²) < 4.78 is 5.56. The van der Waals surface area contributed by atoms with Crippen LogP contribution in [0.3, 0.4) is 0 Å². The predicted molar refractivity (Wildman–Crippen MR) is 80.0 cm³/mol. The molecule has 0 aromatic heterocycles. The molecule has 0 bridgehead atoms. The van der Waals surface area contributed by atoms with Crippen molar-refractivity contribution in [3.05, 3.63) is 33.8 Å². The normalized spacial score (nSPS) is 20.7. The molecule has 1 aliphatic rings. The van der Waals surface area contributed by atoms with E-state index in [-0.39, 0.29) is 0 Å². The minimum absolute atomic E-state index is 0.392. The van der Waals surface area contributed by atoms with Crippen LogP contribution >= 0.6 is 23.2 Å². The van der Waals surface area contributed by atoms with Gasteiger partial charge in [-0.05, 0) is 18.2 Å². The van der Waals surface area contributed by atoms with Crippen LogP contribution in [0.1, 0.15) is 12.5 Å². The first-order chi connectivity index (χ1) is 9.22. The Labute approximate surface area is 124 Å². The fraction of sp³-hybridized carbons (Fsp3) is 0.571. The van der Waals surface area contributed by atoms with Crippen LogP contribution in [0.2, 0.25) is 10.0 Å². The van der Waals surface area contributed by atoms with Crippen LogP contribution in [-0.2, 0) is 11.3 Å². The molecule has 0 amide bonds. The summed E-state index contributed by atoms with van der Waals surface area (Å²) >= 11 is 12.3. The lowest BCUT2D eigenvalue weighted by Gasteiger charge is -2.36. The van der Waals surface area contributed by atoms with Gasteiger partial charge in [0.25, 0.3) is 0 Å². The standard InChI is InChI=1S/C14H20Cl2N2O/c1-2-17-8-12-10-19-7-6-18(12)9-11-4-3-5-13(15)14(11)16/h3-5,12,17H,2,6-10H2,1H3. The molecule has 1 aromatic rings. The number of nitrogens with one attached hydrogen (secondary N) is 1. The average Bonchev–Trinajstić information content (AvgIpc) is 2.43. The van der Waals surface area contributed by atoms with Gasteiger partial charge in [0.15, 0.2) is 0 Å². The average molecular weight is 303 g/mol. The van der Waals surface area contributed by atoms with Gasteiger partial charge in [0.2, 0.25) is 0 Å². The van der Waals surface area contributed by atoms with E-state index < -0.39 is 0 Å². The fourth-order valence-corrected chi connectivity index (χ4v) is 2.67. The van der Waals surface area contributed by atoms with Gasteiger partial charge in [0.1, 0.15) is 0 Å². The Kier molecular flexibility index (Phi) is 5.92. The first kappa shape index (κ1) is 15.1. The van der Waals surface area contributed by atoms with Gasteiger partial charge in [0, 0.05) is 25.7 Å². The molecule has 1 N–H and O–H groups in total. The van der Waals surface area contributed by atoms with E-state index in [9.17, 15) is 0 Å². The molecule has 1 fully saturated rings. The third kappa shape index (κ3) is 4.07. The van der Waals surface area contributed by atoms with E-state index in [0.29, 0.717) is 16.1 Å². The van der Waals surface area contributed by atoms with E-state index >= 15 is 0 Å². The molecule has 5 heteroatoms. The molecule has 2 rings (SSSR count). The Morgan fingerprint density at radius 3 is 3.05 bits per heavy atom. The second-order valence-corrected chi connectivity index (χ2v) is 5.50. The first-order valence-corrected chi connectivity index (χ1v) is 7.43. The molecule has 1 atom stereocenters. The minimum atomic E-state index is 0.392. The van der Waals surface area contributed by atoms with Gasteiger partial charge in [0.05, 0.1) is 23.3 Å². The SMILES string of the molecule is CCNCC1COCCN1Cc1cccc(Cl)c1Cl. The molecular weight excluding hydrogens is 283 g/mol. The molecule has 1 saturated heterocycles. The summed E-state index contributed by atoms with van der Waals surface area (Å²) in [5.74, 6) is 0. The Morgan fingerprint density at radius 2 is 2.26 bits per heavy atom. The minimum Gasteiger partial charge on any atom is -0.378 e. The number of benzene rings is 1. The number of morpholine rings is 1. The lowest BCUT2D eigenvalue weighted by Crippen LogP contribution is -2.49. The highest BCUT2D eigenvalue weighted by molar-refractivity contribution is 6.42. The van der Waals surface area contributed by atoms with Crippen molar-refractivity contribution in [3.63, 3.8) is 0 Å². The number of hydrogen-bond acceptors (Lipinski definition) is 3. The number of rotatable bonds is 5. The van der Waals surface area contributed by atoms with Crippen molar-refractivity contribution in [1.82, 2.24) is 10.2 Å². The number of halogens is 2. The van der Waals surface area contributed by atoms with E-state index in [2.05, 4.69) is 17.1 Å². The van der Waals surface area contributed by atoms with Crippen LogP contribution in [0.25, 0.3) is 0 Å². The second-order valence-electron chi connectivity index (χ2n) is 4.72. The molecule has 0 aliphatic carbocycles. The Bertz CT molecular complexity index is 414. The van der Waals surface area contributed by atoms with E-state index in [4.69, 9.17) is 27.9 Å². The molecule has 1 aromatic carbocycles. The summed E-state index contributed by atoms with van der Waals surface area (Å²) in [5, 5.41) is 4.66. The molecule has 1 heterocycles. The summed E-state index contributed by atoms with van der Waals surface area (Å²) in [7, 11) is 0. The zero-order valence-electron chi connectivity index (χ0n) is 11.2. The van der Waals surface area contributed by atoms with E-state index in [1.807, 2.05) is 18.2 Å². The largest absolute Gasteiger partial charge is 0.378 e. The highest BCUT2D eigenvalue weighted by Gasteiger charge is 2.23. The predicted octanol–water partition coefficient (Wildman–Crippen LogP) is 2.80. The zero-order chi connectivity index (χ0) is 13.7. The number of likely N-dealkylation sites (N-methyl/N-ethyl adjacent to an activating group) is 1. The highest BCUT2D eigenvalue weighted by Crippen LogP contribution is 2.27. The van der Waals surface area contributed by atoms with Crippen molar-refractivity contribution in [2.75, 3.05) is 32.8 Å². The summed E-state index contributed by atoms with van der Waals surface area (Å²) in [6.45, 7) is 7.32. The summed E-state index contributed by atoms with van der Waals surface area (Å²) in [4.78, 5) is 2.41. The lowest BCUT2D eigenvalue weighted by atomic mass is 10.1. The third-order valence-electron chi connectivity index (χ3n) is 3.38. The second kappa shape index (κ2) is 7.46. The molecule has 1 unspecified atom stereocenters. The van der Waals surface area contributed by atoms with Gasteiger partial charge < -0.3 is 10.1 Å². The fourth-order valence-electron chi connectivity index (χ4n) is 2.29. The Hall–Kier alpha value is -0.320. The van der Waals surface area contributed by atoms with Crippen molar-refractivity contribution in [2.24, 2.45) is 0 Å². The van der Waals surface area contributed by atoms with Crippen molar-refractivity contribution >= 4 is 23.2 Å². The van der Waals surface area contributed by atoms with E-state index in [1.54, 1.807) is 0 Å². The summed E-state index contributed by atoms with van der Waals surface area (Å²) in [6, 6.07) is 6.20. The van der Waals surface area contributed by atoms with Gasteiger partial charge in [-0.25, -0.2) is 0 Å². The van der Waals surface area contributed by atoms with Crippen LogP contribution in [0.5, 0.6) is 0 Å². The van der Waals surface area contributed by atoms with Crippen molar-refractivity contribution in [1.29, 1.82) is 0 Å². The maximum absolute atomic E-state index is 6.26. The van der Waals surface area contributed by atoms with Gasteiger partial charge in [-0.2, -0.15) is 0 Å². The van der Waals surface area contributed by atoms with Crippen molar-refractivity contribution in [3.8, 4) is 0 Å². The van der Waals surface area contributed by atoms with E-state index in [0.717, 1.165) is 45.0 Å². The molecule has 106 valence electrons. The van der Waals surface area contributed by atoms with Crippen LogP contribution < -0.4 is 5.32 Å². The Balaban J connectivity index is 2.04. The van der Waals surface area contributed by atoms with Gasteiger partial charge >= 0.3 is 0 Å². The van der Waals surface area contributed by atoms with Crippen molar-refractivity contribution in [2.45, 2.75) is 19.5 Å². The molecule has 1 aliphatic heterocycles. The molecule has 0 spiro atoms. The maximum Gasteiger partial charge on any atom is 0.0637 e. The molecular formula is C14H20Cl2N2O. The molecule has 0 saturated carbocycles. The maximum atomic E-state index is 6.26. The lowest BCUT2D eigenvalue weighted by molar-refractivity contribution is -0.0107.